The Morgan fingerprint density at radius 3 is 2.56 bits per heavy atom. The van der Waals surface area contributed by atoms with Crippen LogP contribution in [0.3, 0.4) is 0 Å². The molecule has 4 rings (SSSR count). The molecule has 1 aromatic heterocycles. The summed E-state index contributed by atoms with van der Waals surface area (Å²) < 4.78 is 16.5. The van der Waals surface area contributed by atoms with E-state index in [4.69, 9.17) is 5.10 Å². The largest absolute Gasteiger partial charge is 0.465 e. The monoisotopic (exact) mass is 367 g/mol. The molecular weight excluding hydrogens is 345 g/mol. The zero-order valence-corrected chi connectivity index (χ0v) is 15.2. The molecule has 1 amide bonds. The number of aromatic nitrogens is 2. The number of para-hydroxylation sites is 1. The topological polar surface area (TPSA) is 58.4 Å². The maximum atomic E-state index is 14.6. The summed E-state index contributed by atoms with van der Waals surface area (Å²) in [5, 5.41) is 14.8. The van der Waals surface area contributed by atoms with Gasteiger partial charge in [0.2, 0.25) is 0 Å². The highest BCUT2D eigenvalue weighted by molar-refractivity contribution is 5.94. The summed E-state index contributed by atoms with van der Waals surface area (Å²) in [6.45, 7) is 2.17. The Labute approximate surface area is 157 Å². The van der Waals surface area contributed by atoms with Crippen LogP contribution < -0.4 is 4.90 Å². The van der Waals surface area contributed by atoms with Crippen molar-refractivity contribution in [1.29, 1.82) is 0 Å². The normalized spacial score (nSPS) is 14.7. The molecule has 6 heteroatoms. The van der Waals surface area contributed by atoms with E-state index < -0.39 is 6.09 Å². The van der Waals surface area contributed by atoms with E-state index in [0.29, 0.717) is 17.7 Å². The first-order valence-corrected chi connectivity index (χ1v) is 9.37. The van der Waals surface area contributed by atoms with Crippen LogP contribution in [-0.2, 0) is 0 Å². The predicted molar refractivity (Wildman–Crippen MR) is 104 cm³/mol. The van der Waals surface area contributed by atoms with Gasteiger partial charge < -0.3 is 5.11 Å². The molecule has 1 heterocycles. The first-order valence-electron chi connectivity index (χ1n) is 9.37. The third-order valence-corrected chi connectivity index (χ3v) is 5.35. The van der Waals surface area contributed by atoms with Crippen LogP contribution in [0, 0.1) is 5.82 Å². The van der Waals surface area contributed by atoms with Crippen LogP contribution >= 0.6 is 0 Å². The number of benzene rings is 2. The molecule has 27 heavy (non-hydrogen) atoms. The Kier molecular flexibility index (Phi) is 4.56. The molecule has 140 valence electrons. The molecule has 2 aromatic carbocycles. The van der Waals surface area contributed by atoms with Crippen molar-refractivity contribution in [3.63, 3.8) is 0 Å². The Balaban J connectivity index is 1.80. The van der Waals surface area contributed by atoms with Crippen LogP contribution in [0.5, 0.6) is 0 Å². The number of nitrogens with zero attached hydrogens (tertiary/aromatic N) is 3. The summed E-state index contributed by atoms with van der Waals surface area (Å²) in [7, 11) is 0. The average molecular weight is 367 g/mol. The van der Waals surface area contributed by atoms with E-state index in [2.05, 4.69) is 0 Å². The van der Waals surface area contributed by atoms with Crippen LogP contribution in [0.1, 0.15) is 38.6 Å². The lowest BCUT2D eigenvalue weighted by Crippen LogP contribution is -2.28. The number of fused-ring (bicyclic) bond motifs is 1. The number of halogens is 1. The van der Waals surface area contributed by atoms with E-state index in [1.54, 1.807) is 25.1 Å². The van der Waals surface area contributed by atoms with E-state index in [1.165, 1.54) is 11.0 Å². The van der Waals surface area contributed by atoms with Gasteiger partial charge in [-0.05, 0) is 38.0 Å². The first kappa shape index (κ1) is 17.5. The second-order valence-electron chi connectivity index (χ2n) is 6.94. The highest BCUT2D eigenvalue weighted by Gasteiger charge is 2.24. The fourth-order valence-corrected chi connectivity index (χ4v) is 4.00. The van der Waals surface area contributed by atoms with Gasteiger partial charge in [-0.3, -0.25) is 9.58 Å². The van der Waals surface area contributed by atoms with Crippen LogP contribution in [-0.4, -0.2) is 27.5 Å². The van der Waals surface area contributed by atoms with Crippen molar-refractivity contribution < 1.29 is 14.3 Å². The maximum absolute atomic E-state index is 14.6. The number of amides is 1. The Hall–Kier alpha value is -2.89. The molecule has 1 aliphatic rings. The van der Waals surface area contributed by atoms with Crippen molar-refractivity contribution in [1.82, 2.24) is 9.78 Å². The molecule has 0 atom stereocenters. The fraction of sp³-hybridized carbons (Fsp3) is 0.333. The molecule has 1 N–H and O–H groups in total. The van der Waals surface area contributed by atoms with Crippen molar-refractivity contribution >= 4 is 22.7 Å². The Morgan fingerprint density at radius 1 is 1.22 bits per heavy atom. The third-order valence-electron chi connectivity index (χ3n) is 5.35. The van der Waals surface area contributed by atoms with Crippen molar-refractivity contribution in [3.8, 4) is 11.3 Å². The van der Waals surface area contributed by atoms with Gasteiger partial charge in [-0.2, -0.15) is 5.10 Å². The lowest BCUT2D eigenvalue weighted by atomic mass is 10.1. The number of anilines is 1. The minimum absolute atomic E-state index is 0.236. The molecule has 0 radical (unpaired) electrons. The second kappa shape index (κ2) is 7.02. The van der Waals surface area contributed by atoms with E-state index >= 15 is 0 Å². The lowest BCUT2D eigenvalue weighted by molar-refractivity contribution is 0.202. The van der Waals surface area contributed by atoms with Crippen LogP contribution in [0.25, 0.3) is 22.2 Å². The van der Waals surface area contributed by atoms with Gasteiger partial charge in [-0.1, -0.05) is 37.1 Å². The number of rotatable bonds is 4. The quantitative estimate of drug-likeness (QED) is 0.666. The summed E-state index contributed by atoms with van der Waals surface area (Å²) in [4.78, 5) is 12.6. The number of hydrogen-bond donors (Lipinski definition) is 1. The number of hydrogen-bond acceptors (Lipinski definition) is 2. The minimum Gasteiger partial charge on any atom is -0.465 e. The molecule has 5 nitrogen and oxygen atoms in total. The molecule has 1 saturated carbocycles. The van der Waals surface area contributed by atoms with Gasteiger partial charge in [0.05, 0.1) is 6.04 Å². The molecule has 0 unspecified atom stereocenters. The van der Waals surface area contributed by atoms with E-state index in [1.807, 2.05) is 22.9 Å². The van der Waals surface area contributed by atoms with Gasteiger partial charge in [0.25, 0.3) is 0 Å². The lowest BCUT2D eigenvalue weighted by Gasteiger charge is -2.17. The third kappa shape index (κ3) is 3.05. The molecule has 1 fully saturated rings. The average Bonchev–Trinajstić information content (AvgIpc) is 3.31. The summed E-state index contributed by atoms with van der Waals surface area (Å²) >= 11 is 0. The van der Waals surface area contributed by atoms with E-state index in [0.717, 1.165) is 42.3 Å². The van der Waals surface area contributed by atoms with Crippen LogP contribution in [0.2, 0.25) is 0 Å². The molecule has 1 aliphatic carbocycles. The fourth-order valence-electron chi connectivity index (χ4n) is 4.00. The van der Waals surface area contributed by atoms with Crippen molar-refractivity contribution in [2.75, 3.05) is 11.4 Å². The SMILES string of the molecule is CCN(C(=O)O)c1ccc(-c2nn(C3CCCC3)c3c(F)cccc23)cc1. The molecule has 0 aliphatic heterocycles. The summed E-state index contributed by atoms with van der Waals surface area (Å²) in [5.41, 5.74) is 2.76. The van der Waals surface area contributed by atoms with Gasteiger partial charge in [0.1, 0.15) is 17.0 Å². The maximum Gasteiger partial charge on any atom is 0.411 e. The van der Waals surface area contributed by atoms with E-state index in [-0.39, 0.29) is 11.9 Å². The van der Waals surface area contributed by atoms with Gasteiger partial charge in [0, 0.05) is 23.2 Å². The van der Waals surface area contributed by atoms with Crippen molar-refractivity contribution in [2.45, 2.75) is 38.6 Å². The highest BCUT2D eigenvalue weighted by Crippen LogP contribution is 2.37. The summed E-state index contributed by atoms with van der Waals surface area (Å²) in [5.74, 6) is -0.252. The molecule has 0 bridgehead atoms. The molecule has 3 aromatic rings. The zero-order valence-electron chi connectivity index (χ0n) is 15.2. The standard InChI is InChI=1S/C21H22FN3O2/c1-2-24(21(26)27)15-12-10-14(11-13-15)19-17-8-5-9-18(22)20(17)25(23-19)16-6-3-4-7-16/h5,8-13,16H,2-4,6-7H2,1H3,(H,26,27). The molecule has 0 saturated heterocycles. The second-order valence-corrected chi connectivity index (χ2v) is 6.94. The van der Waals surface area contributed by atoms with Crippen LogP contribution in [0.4, 0.5) is 14.9 Å². The molecular formula is C21H22FN3O2. The smallest absolute Gasteiger partial charge is 0.411 e. The van der Waals surface area contributed by atoms with Gasteiger partial charge in [-0.25, -0.2) is 9.18 Å². The summed E-state index contributed by atoms with van der Waals surface area (Å²) in [6, 6.07) is 12.6. The minimum atomic E-state index is -0.983. The van der Waals surface area contributed by atoms with Crippen LogP contribution in [0.15, 0.2) is 42.5 Å². The summed E-state index contributed by atoms with van der Waals surface area (Å²) in [6.07, 6.45) is 3.35. The predicted octanol–water partition coefficient (Wildman–Crippen LogP) is 5.46. The van der Waals surface area contributed by atoms with Crippen molar-refractivity contribution in [2.24, 2.45) is 0 Å². The number of carbonyl (C=O) groups is 1. The zero-order chi connectivity index (χ0) is 19.0. The number of carboxylic acid groups (broad SMARTS) is 1. The Bertz CT molecular complexity index is 975. The Morgan fingerprint density at radius 2 is 1.93 bits per heavy atom. The van der Waals surface area contributed by atoms with Gasteiger partial charge >= 0.3 is 6.09 Å². The van der Waals surface area contributed by atoms with Gasteiger partial charge in [-0.15, -0.1) is 0 Å². The first-order chi connectivity index (χ1) is 13.1. The highest BCUT2D eigenvalue weighted by atomic mass is 19.1. The van der Waals surface area contributed by atoms with Gasteiger partial charge in [0.15, 0.2) is 0 Å². The van der Waals surface area contributed by atoms with E-state index in [9.17, 15) is 14.3 Å². The molecule has 0 spiro atoms. The van der Waals surface area contributed by atoms with Crippen molar-refractivity contribution in [3.05, 3.63) is 48.3 Å².